The molecule has 198 valence electrons. The zero-order valence-electron chi connectivity index (χ0n) is 21.7. The van der Waals surface area contributed by atoms with E-state index in [1.165, 1.54) is 24.4 Å². The van der Waals surface area contributed by atoms with Crippen LogP contribution in [-0.4, -0.2) is 53.6 Å². The highest BCUT2D eigenvalue weighted by molar-refractivity contribution is 6.07. The number of hydrogen-bond donors (Lipinski definition) is 4. The van der Waals surface area contributed by atoms with Crippen LogP contribution in [-0.2, 0) is 0 Å². The number of carbonyl (C=O) groups is 1. The van der Waals surface area contributed by atoms with Gasteiger partial charge in [0.05, 0.1) is 38.0 Å². The monoisotopic (exact) mass is 524 g/mol. The number of carbonyl (C=O) groups excluding carboxylic acids is 1. The predicted octanol–water partition coefficient (Wildman–Crippen LogP) is 4.61. The van der Waals surface area contributed by atoms with Crippen molar-refractivity contribution in [3.63, 3.8) is 0 Å². The Bertz CT molecular complexity index is 1550. The molecule has 0 spiro atoms. The number of amides is 1. The summed E-state index contributed by atoms with van der Waals surface area (Å²) in [4.78, 5) is 23.5. The summed E-state index contributed by atoms with van der Waals surface area (Å²) >= 11 is 0. The van der Waals surface area contributed by atoms with E-state index in [9.17, 15) is 4.79 Å². The molecule has 1 amide bonds. The molecule has 0 saturated heterocycles. The first-order valence-electron chi connectivity index (χ1n) is 11.8. The molecule has 0 bridgehead atoms. The van der Waals surface area contributed by atoms with Gasteiger partial charge in [-0.25, -0.2) is 0 Å². The maximum atomic E-state index is 13.4. The lowest BCUT2D eigenvalue weighted by atomic mass is 10.1. The van der Waals surface area contributed by atoms with Gasteiger partial charge in [-0.1, -0.05) is 12.1 Å². The molecule has 2 heterocycles. The standard InChI is InChI=1S/C28H28N8O3/c1-36(22-7-8-23(30)20(14-22)16-29)28(37)19-6-4-5-18(13-19)24-15-21(17-31-11-12-32-35-24)33-26-10-9-25(38-2)27(34-26)39-3/h4-17,29,35H,30H2,1-3H3,(H,33,34). The Morgan fingerprint density at radius 2 is 1.92 bits per heavy atom. The number of rotatable bonds is 8. The number of nitrogens with two attached hydrogens (primary N) is 1. The van der Waals surface area contributed by atoms with Gasteiger partial charge in [0, 0.05) is 47.5 Å². The largest absolute Gasteiger partial charge is 0.491 e. The average molecular weight is 525 g/mol. The predicted molar refractivity (Wildman–Crippen MR) is 152 cm³/mol. The molecule has 11 heteroatoms. The second-order valence-corrected chi connectivity index (χ2v) is 8.27. The van der Waals surface area contributed by atoms with Gasteiger partial charge in [-0.15, -0.1) is 0 Å². The van der Waals surface area contributed by atoms with E-state index in [0.29, 0.717) is 51.3 Å². The third-order valence-corrected chi connectivity index (χ3v) is 5.78. The van der Waals surface area contributed by atoms with E-state index in [2.05, 4.69) is 25.5 Å². The van der Waals surface area contributed by atoms with Crippen molar-refractivity contribution in [1.29, 1.82) is 5.41 Å². The molecular weight excluding hydrogens is 496 g/mol. The van der Waals surface area contributed by atoms with Gasteiger partial charge in [-0.3, -0.25) is 14.9 Å². The Morgan fingerprint density at radius 3 is 2.69 bits per heavy atom. The lowest BCUT2D eigenvalue weighted by Gasteiger charge is -2.19. The highest BCUT2D eigenvalue weighted by Gasteiger charge is 2.15. The van der Waals surface area contributed by atoms with Crippen LogP contribution in [0.4, 0.5) is 22.9 Å². The Kier molecular flexibility index (Phi) is 8.32. The van der Waals surface area contributed by atoms with E-state index in [4.69, 9.17) is 20.6 Å². The molecule has 0 saturated carbocycles. The van der Waals surface area contributed by atoms with Crippen LogP contribution in [0.25, 0.3) is 11.3 Å². The first kappa shape index (κ1) is 26.6. The molecule has 2 aromatic carbocycles. The van der Waals surface area contributed by atoms with Crippen molar-refractivity contribution in [1.82, 2.24) is 20.2 Å². The average Bonchev–Trinajstić information content (AvgIpc) is 3.09. The van der Waals surface area contributed by atoms with Crippen molar-refractivity contribution in [3.8, 4) is 22.9 Å². The Morgan fingerprint density at radius 1 is 1.08 bits per heavy atom. The van der Waals surface area contributed by atoms with Crippen LogP contribution >= 0.6 is 0 Å². The van der Waals surface area contributed by atoms with Gasteiger partial charge in [0.25, 0.3) is 11.8 Å². The number of hydrogen-bond acceptors (Lipinski definition) is 9. The van der Waals surface area contributed by atoms with E-state index in [1.54, 1.807) is 68.9 Å². The molecule has 0 aliphatic rings. The highest BCUT2D eigenvalue weighted by atomic mass is 16.5. The van der Waals surface area contributed by atoms with Crippen LogP contribution in [0.2, 0.25) is 0 Å². The minimum Gasteiger partial charge on any atom is -0.491 e. The summed E-state index contributed by atoms with van der Waals surface area (Å²) in [7, 11) is 4.74. The Balaban J connectivity index is 1.68. The SMILES string of the molecule is COc1ccc(Nc2cnccn[nH]c(-c3cccc(C(=O)N(C)c4ccc(N)c(C=N)c4)c3)c2)nc1OC. The summed E-state index contributed by atoms with van der Waals surface area (Å²) in [6.07, 6.45) is 5.85. The molecule has 39 heavy (non-hydrogen) atoms. The van der Waals surface area contributed by atoms with Crippen LogP contribution in [0, 0.1) is 5.41 Å². The van der Waals surface area contributed by atoms with Gasteiger partial charge >= 0.3 is 0 Å². The number of pyridine rings is 1. The van der Waals surface area contributed by atoms with Crippen molar-refractivity contribution in [2.75, 3.05) is 37.2 Å². The van der Waals surface area contributed by atoms with Gasteiger partial charge in [-0.2, -0.15) is 10.1 Å². The van der Waals surface area contributed by atoms with E-state index in [-0.39, 0.29) is 5.91 Å². The summed E-state index contributed by atoms with van der Waals surface area (Å²) in [5, 5.41) is 18.0. The molecule has 2 aromatic heterocycles. The molecule has 11 nitrogen and oxygen atoms in total. The number of H-pyrrole nitrogens is 1. The zero-order valence-corrected chi connectivity index (χ0v) is 21.7. The fraction of sp³-hybridized carbons (Fsp3) is 0.107. The molecule has 0 atom stereocenters. The van der Waals surface area contributed by atoms with Crippen molar-refractivity contribution in [3.05, 3.63) is 90.4 Å². The lowest BCUT2D eigenvalue weighted by Crippen LogP contribution is -2.26. The van der Waals surface area contributed by atoms with Crippen LogP contribution < -0.4 is 25.4 Å². The Hall–Kier alpha value is -5.45. The molecule has 5 N–H and O–H groups in total. The van der Waals surface area contributed by atoms with E-state index >= 15 is 0 Å². The summed E-state index contributed by atoms with van der Waals surface area (Å²) in [5.74, 6) is 1.14. The first-order valence-corrected chi connectivity index (χ1v) is 11.8. The third kappa shape index (κ3) is 6.28. The second-order valence-electron chi connectivity index (χ2n) is 8.27. The third-order valence-electron chi connectivity index (χ3n) is 5.78. The fourth-order valence-corrected chi connectivity index (χ4v) is 3.72. The van der Waals surface area contributed by atoms with Crippen molar-refractivity contribution in [2.24, 2.45) is 0 Å². The van der Waals surface area contributed by atoms with Gasteiger partial charge in [0.15, 0.2) is 5.75 Å². The molecule has 0 radical (unpaired) electrons. The molecule has 0 unspecified atom stereocenters. The summed E-state index contributed by atoms with van der Waals surface area (Å²) in [6.45, 7) is 0. The van der Waals surface area contributed by atoms with Crippen molar-refractivity contribution in [2.45, 2.75) is 0 Å². The molecule has 0 fully saturated rings. The van der Waals surface area contributed by atoms with Crippen LogP contribution in [0.1, 0.15) is 15.9 Å². The van der Waals surface area contributed by atoms with Gasteiger partial charge in [-0.05, 0) is 48.5 Å². The van der Waals surface area contributed by atoms with E-state index in [0.717, 1.165) is 11.8 Å². The molecule has 4 rings (SSSR count). The quantitative estimate of drug-likeness (QED) is 0.192. The normalized spacial score (nSPS) is 10.2. The maximum absolute atomic E-state index is 13.4. The first-order chi connectivity index (χ1) is 18.9. The Labute approximate surface area is 225 Å². The highest BCUT2D eigenvalue weighted by Crippen LogP contribution is 2.28. The van der Waals surface area contributed by atoms with Crippen molar-refractivity contribution < 1.29 is 14.3 Å². The molecule has 0 aliphatic heterocycles. The van der Waals surface area contributed by atoms with Gasteiger partial charge in [0.2, 0.25) is 0 Å². The summed E-state index contributed by atoms with van der Waals surface area (Å²) < 4.78 is 10.6. The molecular formula is C28H28N8O3. The number of anilines is 4. The number of benzene rings is 2. The summed E-state index contributed by atoms with van der Waals surface area (Å²) in [6, 6.07) is 17.6. The van der Waals surface area contributed by atoms with Crippen LogP contribution in [0.15, 0.2) is 79.3 Å². The minimum absolute atomic E-state index is 0.225. The number of ether oxygens (including phenoxy) is 2. The van der Waals surface area contributed by atoms with E-state index < -0.39 is 0 Å². The van der Waals surface area contributed by atoms with Gasteiger partial charge in [0.1, 0.15) is 5.82 Å². The number of aromatic amines is 1. The van der Waals surface area contributed by atoms with Gasteiger partial charge < -0.3 is 30.8 Å². The zero-order chi connectivity index (χ0) is 27.8. The van der Waals surface area contributed by atoms with Crippen LogP contribution in [0.3, 0.4) is 0 Å². The summed E-state index contributed by atoms with van der Waals surface area (Å²) in [5.41, 5.74) is 9.94. The minimum atomic E-state index is -0.225. The topological polar surface area (TPSA) is 155 Å². The molecule has 0 aliphatic carbocycles. The van der Waals surface area contributed by atoms with Crippen LogP contribution in [0.5, 0.6) is 11.6 Å². The smallest absolute Gasteiger partial charge is 0.258 e. The molecule has 4 aromatic rings. The maximum Gasteiger partial charge on any atom is 0.258 e. The fourth-order valence-electron chi connectivity index (χ4n) is 3.72. The van der Waals surface area contributed by atoms with Crippen molar-refractivity contribution >= 4 is 35.0 Å². The number of aromatic nitrogens is 4. The lowest BCUT2D eigenvalue weighted by molar-refractivity contribution is 0.0993. The number of nitrogen functional groups attached to an aromatic ring is 1. The second kappa shape index (κ2) is 12.2. The number of nitrogens with zero attached hydrogens (tertiary/aromatic N) is 4. The van der Waals surface area contributed by atoms with E-state index in [1.807, 2.05) is 12.1 Å². The number of nitrogens with one attached hydrogen (secondary N) is 3. The number of methoxy groups -OCH3 is 2.